The van der Waals surface area contributed by atoms with Crippen LogP contribution in [0, 0.1) is 0 Å². The number of nitrogens with zero attached hydrogens (tertiary/aromatic N) is 1. The average Bonchev–Trinajstić information content (AvgIpc) is 2.24. The van der Waals surface area contributed by atoms with E-state index in [1.807, 2.05) is 0 Å². The molecule has 1 saturated heterocycles. The first-order chi connectivity index (χ1) is 7.20. The molecule has 0 N–H and O–H groups in total. The van der Waals surface area contributed by atoms with Crippen LogP contribution >= 0.6 is 0 Å². The van der Waals surface area contributed by atoms with Gasteiger partial charge in [-0.15, -0.1) is 0 Å². The second-order valence-electron chi connectivity index (χ2n) is 4.81. The van der Waals surface area contributed by atoms with Gasteiger partial charge in [0.15, 0.2) is 0 Å². The quantitative estimate of drug-likeness (QED) is 0.603. The summed E-state index contributed by atoms with van der Waals surface area (Å²) >= 11 is 0. The molecule has 3 unspecified atom stereocenters. The third kappa shape index (κ3) is 3.46. The predicted octanol–water partition coefficient (Wildman–Crippen LogP) is 3.06. The van der Waals surface area contributed by atoms with Crippen molar-refractivity contribution in [1.29, 1.82) is 0 Å². The molecule has 15 heavy (non-hydrogen) atoms. The van der Waals surface area contributed by atoms with Crippen molar-refractivity contribution in [2.45, 2.75) is 71.6 Å². The molecule has 2 heteroatoms. The average molecular weight is 213 g/mol. The van der Waals surface area contributed by atoms with Gasteiger partial charge in [-0.3, -0.25) is 4.90 Å². The highest BCUT2D eigenvalue weighted by molar-refractivity contribution is 4.87. The topological polar surface area (TPSA) is 12.5 Å². The molecule has 0 aliphatic carbocycles. The Kier molecular flexibility index (Phi) is 5.62. The van der Waals surface area contributed by atoms with Crippen LogP contribution in [-0.4, -0.2) is 36.2 Å². The maximum Gasteiger partial charge on any atom is 0.0725 e. The predicted molar refractivity (Wildman–Crippen MR) is 65.2 cm³/mol. The van der Waals surface area contributed by atoms with Gasteiger partial charge < -0.3 is 4.74 Å². The maximum atomic E-state index is 5.48. The fourth-order valence-electron chi connectivity index (χ4n) is 2.23. The molecular weight excluding hydrogens is 186 g/mol. The number of rotatable bonds is 7. The molecule has 0 aromatic rings. The molecule has 1 fully saturated rings. The fraction of sp³-hybridized carbons (Fsp3) is 1.00. The molecular formula is C13H27NO. The van der Waals surface area contributed by atoms with E-state index in [2.05, 4.69) is 32.6 Å². The van der Waals surface area contributed by atoms with E-state index in [1.165, 1.54) is 32.2 Å². The molecule has 0 spiro atoms. The minimum Gasteiger partial charge on any atom is -0.375 e. The van der Waals surface area contributed by atoms with Gasteiger partial charge in [-0.05, 0) is 33.2 Å². The van der Waals surface area contributed by atoms with Gasteiger partial charge in [0.25, 0.3) is 0 Å². The van der Waals surface area contributed by atoms with Gasteiger partial charge in [0.2, 0.25) is 0 Å². The van der Waals surface area contributed by atoms with Crippen LogP contribution in [0.15, 0.2) is 0 Å². The van der Waals surface area contributed by atoms with Crippen LogP contribution in [0.25, 0.3) is 0 Å². The summed E-state index contributed by atoms with van der Waals surface area (Å²) in [6.07, 6.45) is 5.69. The smallest absolute Gasteiger partial charge is 0.0725 e. The van der Waals surface area contributed by atoms with Gasteiger partial charge in [0.05, 0.1) is 18.8 Å². The zero-order chi connectivity index (χ0) is 11.3. The molecule has 0 amide bonds. The first-order valence-electron chi connectivity index (χ1n) is 6.58. The molecule has 1 aliphatic heterocycles. The molecule has 1 rings (SSSR count). The Labute approximate surface area is 95.0 Å². The standard InChI is InChI=1S/C13H27NO/c1-5-7-8-9-14(11(3)6-2)13-10-15-12(13)4/h11-13H,5-10H2,1-4H3. The van der Waals surface area contributed by atoms with Gasteiger partial charge in [0.1, 0.15) is 0 Å². The maximum absolute atomic E-state index is 5.48. The van der Waals surface area contributed by atoms with E-state index in [4.69, 9.17) is 4.74 Å². The molecule has 90 valence electrons. The molecule has 0 saturated carbocycles. The molecule has 0 aromatic heterocycles. The zero-order valence-electron chi connectivity index (χ0n) is 10.8. The summed E-state index contributed by atoms with van der Waals surface area (Å²) in [4.78, 5) is 2.66. The third-order valence-electron chi connectivity index (χ3n) is 3.67. The van der Waals surface area contributed by atoms with Crippen LogP contribution in [0.4, 0.5) is 0 Å². The Morgan fingerprint density at radius 3 is 2.47 bits per heavy atom. The van der Waals surface area contributed by atoms with Crippen molar-refractivity contribution in [2.24, 2.45) is 0 Å². The van der Waals surface area contributed by atoms with Gasteiger partial charge in [-0.25, -0.2) is 0 Å². The number of hydrogen-bond acceptors (Lipinski definition) is 2. The van der Waals surface area contributed by atoms with E-state index >= 15 is 0 Å². The normalized spacial score (nSPS) is 27.8. The Morgan fingerprint density at radius 1 is 1.33 bits per heavy atom. The van der Waals surface area contributed by atoms with Crippen molar-refractivity contribution in [3.8, 4) is 0 Å². The highest BCUT2D eigenvalue weighted by Gasteiger charge is 2.34. The second-order valence-corrected chi connectivity index (χ2v) is 4.81. The van der Waals surface area contributed by atoms with Gasteiger partial charge >= 0.3 is 0 Å². The molecule has 3 atom stereocenters. The summed E-state index contributed by atoms with van der Waals surface area (Å²) in [5, 5.41) is 0. The molecule has 1 aliphatic rings. The fourth-order valence-corrected chi connectivity index (χ4v) is 2.23. The number of unbranched alkanes of at least 4 members (excludes halogenated alkanes) is 2. The monoisotopic (exact) mass is 213 g/mol. The summed E-state index contributed by atoms with van der Waals surface area (Å²) in [5.74, 6) is 0. The van der Waals surface area contributed by atoms with Crippen molar-refractivity contribution in [1.82, 2.24) is 4.90 Å². The van der Waals surface area contributed by atoms with E-state index < -0.39 is 0 Å². The van der Waals surface area contributed by atoms with E-state index in [-0.39, 0.29) is 0 Å². The largest absolute Gasteiger partial charge is 0.375 e. The highest BCUT2D eigenvalue weighted by Crippen LogP contribution is 2.22. The molecule has 1 heterocycles. The first-order valence-corrected chi connectivity index (χ1v) is 6.58. The van der Waals surface area contributed by atoms with E-state index in [0.717, 1.165) is 6.61 Å². The van der Waals surface area contributed by atoms with Crippen LogP contribution in [0.2, 0.25) is 0 Å². The molecule has 2 nitrogen and oxygen atoms in total. The van der Waals surface area contributed by atoms with Gasteiger partial charge in [0, 0.05) is 6.04 Å². The van der Waals surface area contributed by atoms with Gasteiger partial charge in [-0.2, -0.15) is 0 Å². The Hall–Kier alpha value is -0.0800. The summed E-state index contributed by atoms with van der Waals surface area (Å²) in [6, 6.07) is 1.38. The van der Waals surface area contributed by atoms with Crippen molar-refractivity contribution in [3.05, 3.63) is 0 Å². The van der Waals surface area contributed by atoms with Crippen LogP contribution in [0.3, 0.4) is 0 Å². The molecule has 0 bridgehead atoms. The van der Waals surface area contributed by atoms with Crippen molar-refractivity contribution >= 4 is 0 Å². The van der Waals surface area contributed by atoms with Crippen molar-refractivity contribution < 1.29 is 4.74 Å². The third-order valence-corrected chi connectivity index (χ3v) is 3.67. The summed E-state index contributed by atoms with van der Waals surface area (Å²) in [6.45, 7) is 11.3. The van der Waals surface area contributed by atoms with Crippen LogP contribution in [0.1, 0.15) is 53.4 Å². The lowest BCUT2D eigenvalue weighted by Crippen LogP contribution is -2.57. The summed E-state index contributed by atoms with van der Waals surface area (Å²) in [7, 11) is 0. The SMILES string of the molecule is CCCCCN(C(C)CC)C1COC1C. The summed E-state index contributed by atoms with van der Waals surface area (Å²) < 4.78 is 5.48. The van der Waals surface area contributed by atoms with Crippen LogP contribution in [0.5, 0.6) is 0 Å². The lowest BCUT2D eigenvalue weighted by atomic mass is 10.0. The molecule has 0 radical (unpaired) electrons. The van der Waals surface area contributed by atoms with Crippen molar-refractivity contribution in [2.75, 3.05) is 13.2 Å². The van der Waals surface area contributed by atoms with Crippen molar-refractivity contribution in [3.63, 3.8) is 0 Å². The van der Waals surface area contributed by atoms with E-state index in [9.17, 15) is 0 Å². The Bertz CT molecular complexity index is 172. The number of ether oxygens (including phenoxy) is 1. The van der Waals surface area contributed by atoms with Gasteiger partial charge in [-0.1, -0.05) is 26.7 Å². The minimum absolute atomic E-state index is 0.445. The summed E-state index contributed by atoms with van der Waals surface area (Å²) in [5.41, 5.74) is 0. The highest BCUT2D eigenvalue weighted by atomic mass is 16.5. The van der Waals surface area contributed by atoms with Crippen LogP contribution < -0.4 is 0 Å². The Balaban J connectivity index is 2.38. The van der Waals surface area contributed by atoms with E-state index in [1.54, 1.807) is 0 Å². The number of hydrogen-bond donors (Lipinski definition) is 0. The molecule has 0 aromatic carbocycles. The Morgan fingerprint density at radius 2 is 2.07 bits per heavy atom. The van der Waals surface area contributed by atoms with E-state index in [0.29, 0.717) is 18.2 Å². The second kappa shape index (κ2) is 6.49. The lowest BCUT2D eigenvalue weighted by molar-refractivity contribution is -0.134. The minimum atomic E-state index is 0.445. The van der Waals surface area contributed by atoms with Crippen LogP contribution in [-0.2, 0) is 4.74 Å². The first kappa shape index (κ1) is 13.0. The zero-order valence-corrected chi connectivity index (χ0v) is 10.8. The lowest BCUT2D eigenvalue weighted by Gasteiger charge is -2.45.